The van der Waals surface area contributed by atoms with E-state index in [1.165, 1.54) is 0 Å². The summed E-state index contributed by atoms with van der Waals surface area (Å²) in [6.07, 6.45) is 0. The van der Waals surface area contributed by atoms with E-state index in [-0.39, 0.29) is 6.79 Å². The van der Waals surface area contributed by atoms with Gasteiger partial charge >= 0.3 is 0 Å². The summed E-state index contributed by atoms with van der Waals surface area (Å²) in [5.41, 5.74) is 3.07. The van der Waals surface area contributed by atoms with Crippen molar-refractivity contribution in [2.24, 2.45) is 7.05 Å². The maximum absolute atomic E-state index is 6.23. The normalized spacial score (nSPS) is 13.4. The van der Waals surface area contributed by atoms with Crippen LogP contribution in [0.1, 0.15) is 11.1 Å². The van der Waals surface area contributed by atoms with E-state index in [0.29, 0.717) is 17.4 Å². The fourth-order valence-electron chi connectivity index (χ4n) is 2.79. The second kappa shape index (κ2) is 7.07. The van der Waals surface area contributed by atoms with Gasteiger partial charge in [0.1, 0.15) is 5.75 Å². The lowest BCUT2D eigenvalue weighted by Crippen LogP contribution is -2.13. The number of benzene rings is 2. The van der Waals surface area contributed by atoms with Crippen molar-refractivity contribution in [1.82, 2.24) is 14.8 Å². The molecule has 0 aliphatic carbocycles. The lowest BCUT2D eigenvalue weighted by atomic mass is 10.1. The number of hydrogen-bond donors (Lipinski definition) is 0. The van der Waals surface area contributed by atoms with Gasteiger partial charge in [0, 0.05) is 34.5 Å². The Hall–Kier alpha value is -2.02. The predicted molar refractivity (Wildman–Crippen MR) is 97.7 cm³/mol. The molecule has 0 unspecified atom stereocenters. The summed E-state index contributed by atoms with van der Waals surface area (Å²) in [5.74, 6) is 2.42. The van der Waals surface area contributed by atoms with E-state index in [4.69, 9.17) is 21.1 Å². The third-order valence-electron chi connectivity index (χ3n) is 3.98. The molecule has 0 bridgehead atoms. The van der Waals surface area contributed by atoms with E-state index in [9.17, 15) is 0 Å². The molecule has 0 radical (unpaired) electrons. The zero-order chi connectivity index (χ0) is 17.2. The van der Waals surface area contributed by atoms with Gasteiger partial charge in [0.2, 0.25) is 0 Å². The van der Waals surface area contributed by atoms with E-state index in [1.54, 1.807) is 11.8 Å². The van der Waals surface area contributed by atoms with Crippen molar-refractivity contribution in [3.8, 4) is 17.1 Å². The van der Waals surface area contributed by atoms with Crippen LogP contribution in [0, 0.1) is 0 Å². The van der Waals surface area contributed by atoms with Crippen molar-refractivity contribution in [3.63, 3.8) is 0 Å². The summed E-state index contributed by atoms with van der Waals surface area (Å²) in [4.78, 5) is 0. The average Bonchev–Trinajstić information content (AvgIpc) is 3.01. The molecule has 128 valence electrons. The average molecular weight is 374 g/mol. The van der Waals surface area contributed by atoms with Gasteiger partial charge in [-0.25, -0.2) is 0 Å². The molecule has 7 heteroatoms. The van der Waals surface area contributed by atoms with Crippen LogP contribution in [0.2, 0.25) is 5.02 Å². The molecule has 0 fully saturated rings. The second-order valence-corrected chi connectivity index (χ2v) is 7.06. The van der Waals surface area contributed by atoms with Crippen LogP contribution in [-0.2, 0) is 24.1 Å². The molecule has 0 N–H and O–H groups in total. The van der Waals surface area contributed by atoms with Crippen molar-refractivity contribution in [2.45, 2.75) is 17.5 Å². The van der Waals surface area contributed by atoms with Crippen LogP contribution in [0.15, 0.2) is 47.6 Å². The largest absolute Gasteiger partial charge is 0.467 e. The van der Waals surface area contributed by atoms with Gasteiger partial charge in [-0.3, -0.25) is 0 Å². The molecule has 3 aromatic rings. The van der Waals surface area contributed by atoms with Crippen molar-refractivity contribution in [1.29, 1.82) is 0 Å². The minimum atomic E-state index is 0.272. The van der Waals surface area contributed by atoms with Crippen molar-refractivity contribution >= 4 is 23.4 Å². The van der Waals surface area contributed by atoms with Gasteiger partial charge < -0.3 is 14.0 Å². The standard InChI is InChI=1S/C18H16ClN3O2S/c1-22-17(12-5-3-2-4-6-12)20-21-18(22)25-10-14-8-15(19)7-13-9-23-11-24-16(13)14/h2-8H,9-11H2,1H3. The Kier molecular flexibility index (Phi) is 4.65. The lowest BCUT2D eigenvalue weighted by molar-refractivity contribution is -0.0168. The Morgan fingerprint density at radius 1 is 1.20 bits per heavy atom. The molecule has 5 nitrogen and oxygen atoms in total. The first-order valence-corrected chi connectivity index (χ1v) is 9.18. The summed E-state index contributed by atoms with van der Waals surface area (Å²) in [7, 11) is 1.97. The quantitative estimate of drug-likeness (QED) is 0.638. The van der Waals surface area contributed by atoms with E-state index in [0.717, 1.165) is 33.4 Å². The highest BCUT2D eigenvalue weighted by Gasteiger charge is 2.18. The zero-order valence-corrected chi connectivity index (χ0v) is 15.2. The van der Waals surface area contributed by atoms with Gasteiger partial charge in [-0.15, -0.1) is 10.2 Å². The van der Waals surface area contributed by atoms with Crippen molar-refractivity contribution in [3.05, 3.63) is 58.6 Å². The first kappa shape index (κ1) is 16.4. The van der Waals surface area contributed by atoms with Crippen LogP contribution >= 0.6 is 23.4 Å². The SMILES string of the molecule is Cn1c(SCc2cc(Cl)cc3c2OCOC3)nnc1-c1ccccc1. The minimum Gasteiger partial charge on any atom is -0.467 e. The monoisotopic (exact) mass is 373 g/mol. The van der Waals surface area contributed by atoms with Gasteiger partial charge in [0.25, 0.3) is 0 Å². The summed E-state index contributed by atoms with van der Waals surface area (Å²) in [5, 5.41) is 10.2. The van der Waals surface area contributed by atoms with Gasteiger partial charge in [0.15, 0.2) is 17.8 Å². The Morgan fingerprint density at radius 2 is 2.04 bits per heavy atom. The Bertz CT molecular complexity index is 899. The predicted octanol–water partition coefficient (Wildman–Crippen LogP) is 4.29. The molecule has 25 heavy (non-hydrogen) atoms. The topological polar surface area (TPSA) is 49.2 Å². The fourth-order valence-corrected chi connectivity index (χ4v) is 3.93. The number of thioether (sulfide) groups is 1. The molecule has 1 aromatic heterocycles. The maximum Gasteiger partial charge on any atom is 0.191 e. The summed E-state index contributed by atoms with van der Waals surface area (Å²) in [6, 6.07) is 13.9. The lowest BCUT2D eigenvalue weighted by Gasteiger charge is -2.20. The van der Waals surface area contributed by atoms with Gasteiger partial charge in [-0.05, 0) is 12.1 Å². The third-order valence-corrected chi connectivity index (χ3v) is 5.26. The van der Waals surface area contributed by atoms with Gasteiger partial charge in [-0.2, -0.15) is 0 Å². The molecule has 0 amide bonds. The molecular formula is C18H16ClN3O2S. The number of fused-ring (bicyclic) bond motifs is 1. The second-order valence-electron chi connectivity index (χ2n) is 5.68. The highest BCUT2D eigenvalue weighted by atomic mass is 35.5. The van der Waals surface area contributed by atoms with Crippen LogP contribution < -0.4 is 4.74 Å². The molecule has 2 aromatic carbocycles. The van der Waals surface area contributed by atoms with E-state index < -0.39 is 0 Å². The first-order chi connectivity index (χ1) is 12.2. The molecule has 2 heterocycles. The van der Waals surface area contributed by atoms with Crippen molar-refractivity contribution < 1.29 is 9.47 Å². The van der Waals surface area contributed by atoms with Crippen LogP contribution in [0.3, 0.4) is 0 Å². The third kappa shape index (κ3) is 3.38. The molecule has 0 atom stereocenters. The molecule has 1 aliphatic heterocycles. The van der Waals surface area contributed by atoms with Crippen LogP contribution in [0.25, 0.3) is 11.4 Å². The number of ether oxygens (including phenoxy) is 2. The smallest absolute Gasteiger partial charge is 0.191 e. The van der Waals surface area contributed by atoms with E-state index in [2.05, 4.69) is 10.2 Å². The number of rotatable bonds is 4. The number of hydrogen-bond acceptors (Lipinski definition) is 5. The summed E-state index contributed by atoms with van der Waals surface area (Å²) < 4.78 is 13.0. The van der Waals surface area contributed by atoms with Crippen LogP contribution in [0.4, 0.5) is 0 Å². The minimum absolute atomic E-state index is 0.272. The van der Waals surface area contributed by atoms with Gasteiger partial charge in [0.05, 0.1) is 6.61 Å². The van der Waals surface area contributed by atoms with E-state index >= 15 is 0 Å². The Balaban J connectivity index is 1.57. The molecule has 0 saturated carbocycles. The van der Waals surface area contributed by atoms with Crippen LogP contribution in [0.5, 0.6) is 5.75 Å². The first-order valence-electron chi connectivity index (χ1n) is 7.82. The van der Waals surface area contributed by atoms with Crippen molar-refractivity contribution in [2.75, 3.05) is 6.79 Å². The molecule has 4 rings (SSSR count). The molecular weight excluding hydrogens is 358 g/mol. The number of halogens is 1. The maximum atomic E-state index is 6.23. The zero-order valence-electron chi connectivity index (χ0n) is 13.6. The Morgan fingerprint density at radius 3 is 2.88 bits per heavy atom. The summed E-state index contributed by atoms with van der Waals surface area (Å²) >= 11 is 7.83. The highest BCUT2D eigenvalue weighted by molar-refractivity contribution is 7.98. The number of aromatic nitrogens is 3. The van der Waals surface area contributed by atoms with E-state index in [1.807, 2.05) is 54.1 Å². The van der Waals surface area contributed by atoms with Crippen LogP contribution in [-0.4, -0.2) is 21.6 Å². The fraction of sp³-hybridized carbons (Fsp3) is 0.222. The molecule has 0 saturated heterocycles. The Labute approximate surface area is 154 Å². The highest BCUT2D eigenvalue weighted by Crippen LogP contribution is 2.35. The number of nitrogens with zero attached hydrogens (tertiary/aromatic N) is 3. The molecule has 1 aliphatic rings. The summed E-state index contributed by atoms with van der Waals surface area (Å²) in [6.45, 7) is 0.796. The molecule has 0 spiro atoms. The van der Waals surface area contributed by atoms with Gasteiger partial charge in [-0.1, -0.05) is 53.7 Å².